The van der Waals surface area contributed by atoms with Crippen LogP contribution in [0.4, 0.5) is 10.2 Å². The lowest BCUT2D eigenvalue weighted by Crippen LogP contribution is -2.55. The standard InChI is InChI=1S/C17H21FN4O/c1-11-8-21-5-3-4-12(21)9-22(11)17-13-6-16(23-2)14(18)7-15(13)19-10-20-17/h6-7,10-12H,3-5,8-9H2,1-2H3. The molecule has 0 spiro atoms. The maximum atomic E-state index is 13.9. The molecule has 0 N–H and O–H groups in total. The summed E-state index contributed by atoms with van der Waals surface area (Å²) in [6, 6.07) is 4.11. The van der Waals surface area contributed by atoms with Gasteiger partial charge in [0.25, 0.3) is 0 Å². The van der Waals surface area contributed by atoms with Crippen LogP contribution in [0.1, 0.15) is 19.8 Å². The van der Waals surface area contributed by atoms with Crippen LogP contribution in [0.3, 0.4) is 0 Å². The Morgan fingerprint density at radius 1 is 1.26 bits per heavy atom. The van der Waals surface area contributed by atoms with E-state index in [0.717, 1.165) is 24.3 Å². The lowest BCUT2D eigenvalue weighted by atomic mass is 10.1. The number of anilines is 1. The summed E-state index contributed by atoms with van der Waals surface area (Å²) in [5.74, 6) is 0.728. The van der Waals surface area contributed by atoms with Gasteiger partial charge in [0.15, 0.2) is 11.6 Å². The first-order valence-electron chi connectivity index (χ1n) is 8.16. The molecule has 2 unspecified atom stereocenters. The van der Waals surface area contributed by atoms with Gasteiger partial charge in [-0.25, -0.2) is 14.4 Å². The summed E-state index contributed by atoms with van der Waals surface area (Å²) in [7, 11) is 1.48. The van der Waals surface area contributed by atoms with Crippen molar-refractivity contribution in [1.82, 2.24) is 14.9 Å². The summed E-state index contributed by atoms with van der Waals surface area (Å²) >= 11 is 0. The van der Waals surface area contributed by atoms with Gasteiger partial charge in [-0.3, -0.25) is 4.90 Å². The molecule has 2 aliphatic rings. The number of methoxy groups -OCH3 is 1. The maximum absolute atomic E-state index is 13.9. The van der Waals surface area contributed by atoms with Gasteiger partial charge in [0.05, 0.1) is 12.6 Å². The average Bonchev–Trinajstić information content (AvgIpc) is 3.00. The zero-order valence-electron chi connectivity index (χ0n) is 13.5. The van der Waals surface area contributed by atoms with Gasteiger partial charge in [0.2, 0.25) is 0 Å². The number of piperazine rings is 1. The van der Waals surface area contributed by atoms with Crippen molar-refractivity contribution < 1.29 is 9.13 Å². The molecule has 2 aliphatic heterocycles. The number of aromatic nitrogens is 2. The molecule has 0 aliphatic carbocycles. The number of hydrogen-bond acceptors (Lipinski definition) is 5. The van der Waals surface area contributed by atoms with E-state index in [4.69, 9.17) is 4.74 Å². The number of ether oxygens (including phenoxy) is 1. The molecule has 4 rings (SSSR count). The molecule has 6 heteroatoms. The first-order valence-corrected chi connectivity index (χ1v) is 8.16. The van der Waals surface area contributed by atoms with E-state index in [1.54, 1.807) is 6.07 Å². The summed E-state index contributed by atoms with van der Waals surface area (Å²) in [6.45, 7) is 5.44. The second-order valence-corrected chi connectivity index (χ2v) is 6.49. The van der Waals surface area contributed by atoms with Crippen LogP contribution < -0.4 is 9.64 Å². The molecule has 122 valence electrons. The zero-order chi connectivity index (χ0) is 16.0. The van der Waals surface area contributed by atoms with Crippen molar-refractivity contribution in [2.45, 2.75) is 31.8 Å². The number of rotatable bonds is 2. The summed E-state index contributed by atoms with van der Waals surface area (Å²) in [6.07, 6.45) is 4.04. The fourth-order valence-corrected chi connectivity index (χ4v) is 3.91. The van der Waals surface area contributed by atoms with Gasteiger partial charge in [-0.2, -0.15) is 0 Å². The Kier molecular flexibility index (Phi) is 3.56. The Labute approximate surface area is 135 Å². The van der Waals surface area contributed by atoms with E-state index in [1.807, 2.05) is 0 Å². The van der Waals surface area contributed by atoms with Crippen LogP contribution in [0, 0.1) is 5.82 Å². The molecule has 2 atom stereocenters. The third-order valence-corrected chi connectivity index (χ3v) is 5.10. The summed E-state index contributed by atoms with van der Waals surface area (Å²) in [4.78, 5) is 13.7. The first-order chi connectivity index (χ1) is 11.2. The quantitative estimate of drug-likeness (QED) is 0.851. The lowest BCUT2D eigenvalue weighted by molar-refractivity contribution is 0.202. The van der Waals surface area contributed by atoms with Gasteiger partial charge in [-0.05, 0) is 32.4 Å². The van der Waals surface area contributed by atoms with Crippen LogP contribution in [0.5, 0.6) is 5.75 Å². The van der Waals surface area contributed by atoms with Crippen LogP contribution in [-0.4, -0.2) is 53.7 Å². The monoisotopic (exact) mass is 316 g/mol. The van der Waals surface area contributed by atoms with E-state index in [-0.39, 0.29) is 5.75 Å². The molecule has 0 bridgehead atoms. The minimum absolute atomic E-state index is 0.237. The highest BCUT2D eigenvalue weighted by atomic mass is 19.1. The SMILES string of the molecule is COc1cc2c(N3CC4CCCN4CC3C)ncnc2cc1F. The molecule has 0 saturated carbocycles. The van der Waals surface area contributed by atoms with E-state index < -0.39 is 5.82 Å². The Balaban J connectivity index is 1.78. The van der Waals surface area contributed by atoms with Crippen molar-refractivity contribution in [3.63, 3.8) is 0 Å². The van der Waals surface area contributed by atoms with E-state index in [2.05, 4.69) is 26.7 Å². The number of nitrogens with zero attached hydrogens (tertiary/aromatic N) is 4. The van der Waals surface area contributed by atoms with E-state index in [9.17, 15) is 4.39 Å². The lowest BCUT2D eigenvalue weighted by Gasteiger charge is -2.43. The molecule has 2 aromatic rings. The second-order valence-electron chi connectivity index (χ2n) is 6.49. The Bertz CT molecular complexity index is 738. The van der Waals surface area contributed by atoms with Crippen LogP contribution in [0.2, 0.25) is 0 Å². The van der Waals surface area contributed by atoms with Gasteiger partial charge in [0, 0.05) is 36.6 Å². The van der Waals surface area contributed by atoms with Crippen LogP contribution in [0.15, 0.2) is 18.5 Å². The van der Waals surface area contributed by atoms with Crippen LogP contribution >= 0.6 is 0 Å². The molecule has 0 radical (unpaired) electrons. The topological polar surface area (TPSA) is 41.5 Å². The van der Waals surface area contributed by atoms with Crippen molar-refractivity contribution in [3.8, 4) is 5.75 Å². The summed E-state index contributed by atoms with van der Waals surface area (Å²) < 4.78 is 19.1. The van der Waals surface area contributed by atoms with Gasteiger partial charge in [-0.15, -0.1) is 0 Å². The smallest absolute Gasteiger partial charge is 0.167 e. The molecule has 1 aromatic carbocycles. The van der Waals surface area contributed by atoms with Crippen molar-refractivity contribution in [2.75, 3.05) is 31.6 Å². The molecule has 23 heavy (non-hydrogen) atoms. The highest BCUT2D eigenvalue weighted by Crippen LogP contribution is 2.33. The number of halogens is 1. The third kappa shape index (κ3) is 2.41. The number of fused-ring (bicyclic) bond motifs is 2. The molecular formula is C17H21FN4O. The molecule has 2 saturated heterocycles. The predicted molar refractivity (Wildman–Crippen MR) is 87.5 cm³/mol. The van der Waals surface area contributed by atoms with E-state index in [1.165, 1.54) is 38.9 Å². The molecular weight excluding hydrogens is 295 g/mol. The van der Waals surface area contributed by atoms with Gasteiger partial charge >= 0.3 is 0 Å². The van der Waals surface area contributed by atoms with Gasteiger partial charge in [0.1, 0.15) is 12.1 Å². The highest BCUT2D eigenvalue weighted by molar-refractivity contribution is 5.90. The minimum Gasteiger partial charge on any atom is -0.494 e. The zero-order valence-corrected chi connectivity index (χ0v) is 13.5. The van der Waals surface area contributed by atoms with Crippen molar-refractivity contribution in [1.29, 1.82) is 0 Å². The molecule has 0 amide bonds. The highest BCUT2D eigenvalue weighted by Gasteiger charge is 2.35. The van der Waals surface area contributed by atoms with Crippen LogP contribution in [-0.2, 0) is 0 Å². The van der Waals surface area contributed by atoms with E-state index >= 15 is 0 Å². The first kappa shape index (κ1) is 14.6. The fraction of sp³-hybridized carbons (Fsp3) is 0.529. The molecule has 5 nitrogen and oxygen atoms in total. The van der Waals surface area contributed by atoms with Crippen molar-refractivity contribution in [2.24, 2.45) is 0 Å². The molecule has 2 fully saturated rings. The van der Waals surface area contributed by atoms with Crippen molar-refractivity contribution in [3.05, 3.63) is 24.3 Å². The van der Waals surface area contributed by atoms with Gasteiger partial charge < -0.3 is 9.64 Å². The summed E-state index contributed by atoms with van der Waals surface area (Å²) in [5.41, 5.74) is 0.620. The summed E-state index contributed by atoms with van der Waals surface area (Å²) in [5, 5.41) is 0.851. The average molecular weight is 316 g/mol. The second kappa shape index (κ2) is 5.60. The minimum atomic E-state index is -0.390. The maximum Gasteiger partial charge on any atom is 0.167 e. The molecule has 1 aromatic heterocycles. The Morgan fingerprint density at radius 3 is 2.96 bits per heavy atom. The molecule has 3 heterocycles. The number of hydrogen-bond donors (Lipinski definition) is 0. The largest absolute Gasteiger partial charge is 0.494 e. The Morgan fingerprint density at radius 2 is 2.13 bits per heavy atom. The third-order valence-electron chi connectivity index (χ3n) is 5.10. The van der Waals surface area contributed by atoms with Gasteiger partial charge in [-0.1, -0.05) is 0 Å². The number of benzene rings is 1. The fourth-order valence-electron chi connectivity index (χ4n) is 3.91. The Hall–Kier alpha value is -1.95. The normalized spacial score (nSPS) is 24.9. The van der Waals surface area contributed by atoms with Crippen molar-refractivity contribution >= 4 is 16.7 Å². The van der Waals surface area contributed by atoms with Crippen LogP contribution in [0.25, 0.3) is 10.9 Å². The van der Waals surface area contributed by atoms with E-state index in [0.29, 0.717) is 17.6 Å². The predicted octanol–water partition coefficient (Wildman–Crippen LogP) is 2.45.